The molecule has 16 heavy (non-hydrogen) atoms. The topological polar surface area (TPSA) is 64.6 Å². The molecule has 1 aliphatic rings. The Morgan fingerprint density at radius 2 is 2.00 bits per heavy atom. The lowest BCUT2D eigenvalue weighted by atomic mass is 9.97. The molecular formula is C11H17NO4. The summed E-state index contributed by atoms with van der Waals surface area (Å²) in [6, 6.07) is 0. The molecule has 0 aliphatic carbocycles. The molecule has 0 amide bonds. The van der Waals surface area contributed by atoms with Crippen molar-refractivity contribution in [1.82, 2.24) is 5.32 Å². The highest BCUT2D eigenvalue weighted by Gasteiger charge is 2.40. The van der Waals surface area contributed by atoms with E-state index < -0.39 is 5.54 Å². The van der Waals surface area contributed by atoms with Gasteiger partial charge in [0.15, 0.2) is 0 Å². The monoisotopic (exact) mass is 227 g/mol. The second-order valence-corrected chi connectivity index (χ2v) is 3.76. The zero-order valence-corrected chi connectivity index (χ0v) is 9.83. The van der Waals surface area contributed by atoms with E-state index in [1.165, 1.54) is 6.20 Å². The second-order valence-electron chi connectivity index (χ2n) is 3.76. The van der Waals surface area contributed by atoms with Gasteiger partial charge in [0.25, 0.3) is 0 Å². The van der Waals surface area contributed by atoms with Gasteiger partial charge in [-0.25, -0.2) is 9.59 Å². The Morgan fingerprint density at radius 3 is 2.56 bits per heavy atom. The lowest BCUT2D eigenvalue weighted by molar-refractivity contribution is -0.149. The largest absolute Gasteiger partial charge is 0.464 e. The average Bonchev–Trinajstić information content (AvgIpc) is 2.63. The smallest absolute Gasteiger partial charge is 0.335 e. The summed E-state index contributed by atoms with van der Waals surface area (Å²) in [5, 5.41) is 2.87. The first-order valence-corrected chi connectivity index (χ1v) is 5.34. The van der Waals surface area contributed by atoms with Crippen molar-refractivity contribution in [3.63, 3.8) is 0 Å². The Labute approximate surface area is 94.8 Å². The third kappa shape index (κ3) is 2.53. The van der Waals surface area contributed by atoms with Crippen LogP contribution >= 0.6 is 0 Å². The molecule has 0 bridgehead atoms. The van der Waals surface area contributed by atoms with Crippen molar-refractivity contribution in [3.8, 4) is 0 Å². The zero-order chi connectivity index (χ0) is 12.2. The van der Waals surface area contributed by atoms with Crippen LogP contribution in [0.4, 0.5) is 0 Å². The molecular weight excluding hydrogens is 210 g/mol. The first-order chi connectivity index (χ1) is 7.53. The molecule has 1 atom stereocenters. The van der Waals surface area contributed by atoms with Gasteiger partial charge in [0.2, 0.25) is 0 Å². The van der Waals surface area contributed by atoms with Gasteiger partial charge >= 0.3 is 11.9 Å². The van der Waals surface area contributed by atoms with Crippen molar-refractivity contribution in [2.24, 2.45) is 0 Å². The average molecular weight is 227 g/mol. The minimum atomic E-state index is -0.849. The van der Waals surface area contributed by atoms with Gasteiger partial charge in [-0.3, -0.25) is 0 Å². The van der Waals surface area contributed by atoms with Crippen LogP contribution in [-0.2, 0) is 19.1 Å². The van der Waals surface area contributed by atoms with Crippen LogP contribution in [0.25, 0.3) is 0 Å². The lowest BCUT2D eigenvalue weighted by Gasteiger charge is -2.22. The van der Waals surface area contributed by atoms with E-state index in [1.54, 1.807) is 20.8 Å². The molecule has 0 saturated carbocycles. The molecule has 0 fully saturated rings. The normalized spacial score (nSPS) is 23.3. The summed E-state index contributed by atoms with van der Waals surface area (Å²) in [5.74, 6) is -0.742. The van der Waals surface area contributed by atoms with E-state index in [-0.39, 0.29) is 11.9 Å². The van der Waals surface area contributed by atoms with E-state index >= 15 is 0 Å². The summed E-state index contributed by atoms with van der Waals surface area (Å²) in [7, 11) is 0. The van der Waals surface area contributed by atoms with Crippen molar-refractivity contribution >= 4 is 11.9 Å². The SMILES string of the molecule is CCOC(=O)C1=CNC(C)(C(=O)OCC)C1. The van der Waals surface area contributed by atoms with E-state index in [1.807, 2.05) is 0 Å². The maximum absolute atomic E-state index is 11.6. The first-order valence-electron chi connectivity index (χ1n) is 5.34. The summed E-state index contributed by atoms with van der Waals surface area (Å²) in [4.78, 5) is 23.1. The number of hydrogen-bond donors (Lipinski definition) is 1. The quantitative estimate of drug-likeness (QED) is 0.718. The van der Waals surface area contributed by atoms with Crippen molar-refractivity contribution in [3.05, 3.63) is 11.8 Å². The summed E-state index contributed by atoms with van der Waals surface area (Å²) >= 11 is 0. The molecule has 5 heteroatoms. The minimum absolute atomic E-state index is 0.296. The molecule has 1 aliphatic heterocycles. The van der Waals surface area contributed by atoms with Gasteiger partial charge in [0.1, 0.15) is 5.54 Å². The van der Waals surface area contributed by atoms with Crippen LogP contribution in [0.2, 0.25) is 0 Å². The van der Waals surface area contributed by atoms with Crippen LogP contribution < -0.4 is 5.32 Å². The molecule has 5 nitrogen and oxygen atoms in total. The summed E-state index contributed by atoms with van der Waals surface area (Å²) < 4.78 is 9.79. The van der Waals surface area contributed by atoms with E-state index in [2.05, 4.69) is 5.32 Å². The molecule has 0 spiro atoms. The first kappa shape index (κ1) is 12.5. The van der Waals surface area contributed by atoms with Crippen LogP contribution in [0.1, 0.15) is 27.2 Å². The molecule has 1 rings (SSSR count). The van der Waals surface area contributed by atoms with Gasteiger partial charge in [-0.2, -0.15) is 0 Å². The van der Waals surface area contributed by atoms with E-state index in [0.29, 0.717) is 25.2 Å². The highest BCUT2D eigenvalue weighted by atomic mass is 16.5. The fraction of sp³-hybridized carbons (Fsp3) is 0.636. The van der Waals surface area contributed by atoms with E-state index in [0.717, 1.165) is 0 Å². The number of nitrogens with one attached hydrogen (secondary N) is 1. The Bertz CT molecular complexity index is 324. The molecule has 0 radical (unpaired) electrons. The number of esters is 2. The number of ether oxygens (including phenoxy) is 2. The summed E-state index contributed by atoms with van der Waals surface area (Å²) in [5.41, 5.74) is -0.379. The fourth-order valence-electron chi connectivity index (χ4n) is 1.51. The van der Waals surface area contributed by atoms with Crippen LogP contribution in [0.3, 0.4) is 0 Å². The Balaban J connectivity index is 2.61. The number of hydrogen-bond acceptors (Lipinski definition) is 5. The van der Waals surface area contributed by atoms with Gasteiger partial charge in [0, 0.05) is 12.6 Å². The predicted molar refractivity (Wildman–Crippen MR) is 57.5 cm³/mol. The summed E-state index contributed by atoms with van der Waals surface area (Å²) in [6.45, 7) is 5.84. The second kappa shape index (κ2) is 5.01. The lowest BCUT2D eigenvalue weighted by Crippen LogP contribution is -2.45. The van der Waals surface area contributed by atoms with Gasteiger partial charge in [-0.1, -0.05) is 0 Å². The number of rotatable bonds is 4. The van der Waals surface area contributed by atoms with Crippen molar-refractivity contribution < 1.29 is 19.1 Å². The maximum Gasteiger partial charge on any atom is 0.335 e. The third-order valence-corrected chi connectivity index (χ3v) is 2.37. The molecule has 1 unspecified atom stereocenters. The predicted octanol–water partition coefficient (Wildman–Crippen LogP) is 0.748. The fourth-order valence-corrected chi connectivity index (χ4v) is 1.51. The van der Waals surface area contributed by atoms with Gasteiger partial charge < -0.3 is 14.8 Å². The van der Waals surface area contributed by atoms with E-state index in [9.17, 15) is 9.59 Å². The Kier molecular flexibility index (Phi) is 3.93. The van der Waals surface area contributed by atoms with Gasteiger partial charge in [-0.15, -0.1) is 0 Å². The van der Waals surface area contributed by atoms with Gasteiger partial charge in [0.05, 0.1) is 18.8 Å². The number of carbonyl (C=O) groups excluding carboxylic acids is 2. The van der Waals surface area contributed by atoms with Crippen LogP contribution in [0.5, 0.6) is 0 Å². The highest BCUT2D eigenvalue weighted by molar-refractivity contribution is 5.92. The minimum Gasteiger partial charge on any atom is -0.464 e. The molecule has 0 aromatic heterocycles. The summed E-state index contributed by atoms with van der Waals surface area (Å²) in [6.07, 6.45) is 1.82. The van der Waals surface area contributed by atoms with Crippen molar-refractivity contribution in [1.29, 1.82) is 0 Å². The van der Waals surface area contributed by atoms with Crippen LogP contribution in [0, 0.1) is 0 Å². The van der Waals surface area contributed by atoms with Crippen molar-refractivity contribution in [2.45, 2.75) is 32.7 Å². The molecule has 0 aromatic rings. The Hall–Kier alpha value is -1.52. The number of carbonyl (C=O) groups is 2. The maximum atomic E-state index is 11.6. The molecule has 0 aromatic carbocycles. The van der Waals surface area contributed by atoms with Gasteiger partial charge in [-0.05, 0) is 20.8 Å². The molecule has 1 heterocycles. The van der Waals surface area contributed by atoms with Crippen LogP contribution in [0.15, 0.2) is 11.8 Å². The molecule has 0 saturated heterocycles. The molecule has 1 N–H and O–H groups in total. The van der Waals surface area contributed by atoms with Crippen LogP contribution in [-0.4, -0.2) is 30.7 Å². The standard InChI is InChI=1S/C11H17NO4/c1-4-15-9(13)8-6-11(3,12-7-8)10(14)16-5-2/h7,12H,4-6H2,1-3H3. The highest BCUT2D eigenvalue weighted by Crippen LogP contribution is 2.24. The third-order valence-electron chi connectivity index (χ3n) is 2.37. The molecule has 90 valence electrons. The zero-order valence-electron chi connectivity index (χ0n) is 9.83. The van der Waals surface area contributed by atoms with E-state index in [4.69, 9.17) is 9.47 Å². The van der Waals surface area contributed by atoms with Crippen molar-refractivity contribution in [2.75, 3.05) is 13.2 Å². The Morgan fingerprint density at radius 1 is 1.38 bits per heavy atom.